The van der Waals surface area contributed by atoms with Crippen LogP contribution in [0.1, 0.15) is 26.7 Å². The third kappa shape index (κ3) is 1.37. The zero-order valence-corrected chi connectivity index (χ0v) is 6.76. The molecular formula is C8H12O3. The average molecular weight is 156 g/mol. The summed E-state index contributed by atoms with van der Waals surface area (Å²) < 4.78 is 5.22. The van der Waals surface area contributed by atoms with Crippen LogP contribution in [0.4, 0.5) is 0 Å². The lowest BCUT2D eigenvalue weighted by atomic mass is 10.1. The van der Waals surface area contributed by atoms with E-state index in [0.29, 0.717) is 6.42 Å². The molecular weight excluding hydrogens is 144 g/mol. The van der Waals surface area contributed by atoms with Crippen molar-refractivity contribution in [1.82, 2.24) is 0 Å². The molecule has 0 aromatic carbocycles. The minimum atomic E-state index is -1.01. The van der Waals surface area contributed by atoms with Crippen LogP contribution < -0.4 is 0 Å². The van der Waals surface area contributed by atoms with Crippen molar-refractivity contribution in [3.05, 3.63) is 11.8 Å². The Morgan fingerprint density at radius 2 is 2.55 bits per heavy atom. The van der Waals surface area contributed by atoms with E-state index in [-0.39, 0.29) is 0 Å². The molecule has 3 heteroatoms. The van der Waals surface area contributed by atoms with Gasteiger partial charge in [-0.1, -0.05) is 6.92 Å². The summed E-state index contributed by atoms with van der Waals surface area (Å²) in [5.41, 5.74) is -1.01. The van der Waals surface area contributed by atoms with Gasteiger partial charge in [-0.25, -0.2) is 4.79 Å². The molecule has 0 spiro atoms. The molecule has 1 heterocycles. The van der Waals surface area contributed by atoms with Crippen LogP contribution in [0.2, 0.25) is 0 Å². The van der Waals surface area contributed by atoms with Gasteiger partial charge >= 0.3 is 5.97 Å². The number of hydrogen-bond acceptors (Lipinski definition) is 2. The molecule has 0 amide bonds. The van der Waals surface area contributed by atoms with E-state index < -0.39 is 11.6 Å². The fourth-order valence-electron chi connectivity index (χ4n) is 1.03. The van der Waals surface area contributed by atoms with Gasteiger partial charge in [-0.2, -0.15) is 0 Å². The molecule has 11 heavy (non-hydrogen) atoms. The molecule has 1 aliphatic rings. The number of ether oxygens (including phenoxy) is 1. The standard InChI is InChI=1S/C8H12O3/c1-3-6-4-5-8(2,11-6)7(9)10/h4H,3,5H2,1-2H3,(H,9,10). The van der Waals surface area contributed by atoms with Crippen molar-refractivity contribution in [1.29, 1.82) is 0 Å². The van der Waals surface area contributed by atoms with Gasteiger partial charge < -0.3 is 9.84 Å². The zero-order valence-electron chi connectivity index (χ0n) is 6.76. The number of rotatable bonds is 2. The van der Waals surface area contributed by atoms with Gasteiger partial charge in [0.25, 0.3) is 0 Å². The second-order valence-corrected chi connectivity index (χ2v) is 2.87. The summed E-state index contributed by atoms with van der Waals surface area (Å²) in [5.74, 6) is -0.105. The summed E-state index contributed by atoms with van der Waals surface area (Å²) in [5, 5.41) is 8.73. The molecule has 0 aromatic rings. The summed E-state index contributed by atoms with van der Waals surface area (Å²) in [6.07, 6.45) is 3.09. The average Bonchev–Trinajstić information content (AvgIpc) is 2.33. The largest absolute Gasteiger partial charge is 0.480 e. The summed E-state index contributed by atoms with van der Waals surface area (Å²) >= 11 is 0. The molecule has 1 rings (SSSR count). The molecule has 0 aliphatic carbocycles. The summed E-state index contributed by atoms with van der Waals surface area (Å²) in [6, 6.07) is 0. The highest BCUT2D eigenvalue weighted by atomic mass is 16.5. The molecule has 1 N–H and O–H groups in total. The fourth-order valence-corrected chi connectivity index (χ4v) is 1.03. The predicted octanol–water partition coefficient (Wildman–Crippen LogP) is 1.54. The van der Waals surface area contributed by atoms with E-state index >= 15 is 0 Å². The molecule has 0 radical (unpaired) electrons. The van der Waals surface area contributed by atoms with Crippen LogP contribution in [0.3, 0.4) is 0 Å². The van der Waals surface area contributed by atoms with Crippen molar-refractivity contribution in [2.45, 2.75) is 32.3 Å². The van der Waals surface area contributed by atoms with Crippen molar-refractivity contribution in [3.8, 4) is 0 Å². The third-order valence-corrected chi connectivity index (χ3v) is 1.88. The lowest BCUT2D eigenvalue weighted by Crippen LogP contribution is -2.34. The highest BCUT2D eigenvalue weighted by Gasteiger charge is 2.38. The lowest BCUT2D eigenvalue weighted by molar-refractivity contribution is -0.156. The van der Waals surface area contributed by atoms with E-state index in [2.05, 4.69) is 0 Å². The second kappa shape index (κ2) is 2.57. The van der Waals surface area contributed by atoms with Crippen LogP contribution in [0.5, 0.6) is 0 Å². The van der Waals surface area contributed by atoms with E-state index in [9.17, 15) is 4.79 Å². The predicted molar refractivity (Wildman–Crippen MR) is 40.1 cm³/mol. The highest BCUT2D eigenvalue weighted by molar-refractivity contribution is 5.77. The first kappa shape index (κ1) is 8.11. The van der Waals surface area contributed by atoms with Crippen LogP contribution in [-0.4, -0.2) is 16.7 Å². The van der Waals surface area contributed by atoms with Gasteiger partial charge in [0, 0.05) is 12.8 Å². The number of carboxylic acid groups (broad SMARTS) is 1. The number of carboxylic acids is 1. The molecule has 3 nitrogen and oxygen atoms in total. The van der Waals surface area contributed by atoms with Crippen LogP contribution in [0.25, 0.3) is 0 Å². The first-order valence-corrected chi connectivity index (χ1v) is 3.70. The van der Waals surface area contributed by atoms with Crippen molar-refractivity contribution in [3.63, 3.8) is 0 Å². The topological polar surface area (TPSA) is 46.5 Å². The van der Waals surface area contributed by atoms with Gasteiger partial charge in [0.1, 0.15) is 0 Å². The van der Waals surface area contributed by atoms with Gasteiger partial charge in [-0.05, 0) is 13.0 Å². The van der Waals surface area contributed by atoms with Crippen molar-refractivity contribution < 1.29 is 14.6 Å². The lowest BCUT2D eigenvalue weighted by Gasteiger charge is -2.19. The molecule has 0 aromatic heterocycles. The Balaban J connectivity index is 2.64. The zero-order chi connectivity index (χ0) is 8.48. The Bertz CT molecular complexity index is 207. The molecule has 0 saturated carbocycles. The monoisotopic (exact) mass is 156 g/mol. The number of carbonyl (C=O) groups is 1. The molecule has 1 atom stereocenters. The van der Waals surface area contributed by atoms with Gasteiger partial charge in [0.05, 0.1) is 5.76 Å². The van der Waals surface area contributed by atoms with E-state index in [1.165, 1.54) is 0 Å². The maximum Gasteiger partial charge on any atom is 0.348 e. The number of hydrogen-bond donors (Lipinski definition) is 1. The molecule has 62 valence electrons. The highest BCUT2D eigenvalue weighted by Crippen LogP contribution is 2.29. The summed E-state index contributed by atoms with van der Waals surface area (Å²) in [7, 11) is 0. The Morgan fingerprint density at radius 1 is 1.91 bits per heavy atom. The minimum Gasteiger partial charge on any atom is -0.480 e. The molecule has 0 bridgehead atoms. The Kier molecular flexibility index (Phi) is 1.89. The maximum atomic E-state index is 10.6. The SMILES string of the molecule is CCC1=CCC(C)(C(=O)O)O1. The van der Waals surface area contributed by atoms with Crippen LogP contribution in [0.15, 0.2) is 11.8 Å². The van der Waals surface area contributed by atoms with E-state index in [1.54, 1.807) is 6.92 Å². The van der Waals surface area contributed by atoms with Gasteiger partial charge in [0.15, 0.2) is 0 Å². The third-order valence-electron chi connectivity index (χ3n) is 1.88. The van der Waals surface area contributed by atoms with E-state index in [0.717, 1.165) is 12.2 Å². The molecule has 0 fully saturated rings. The number of allylic oxidation sites excluding steroid dienone is 1. The van der Waals surface area contributed by atoms with E-state index in [4.69, 9.17) is 9.84 Å². The van der Waals surface area contributed by atoms with Crippen molar-refractivity contribution >= 4 is 5.97 Å². The van der Waals surface area contributed by atoms with Crippen LogP contribution in [0, 0.1) is 0 Å². The van der Waals surface area contributed by atoms with Crippen LogP contribution >= 0.6 is 0 Å². The molecule has 0 saturated heterocycles. The van der Waals surface area contributed by atoms with Gasteiger partial charge in [0.2, 0.25) is 5.60 Å². The van der Waals surface area contributed by atoms with E-state index in [1.807, 2.05) is 13.0 Å². The van der Waals surface area contributed by atoms with Crippen LogP contribution in [-0.2, 0) is 9.53 Å². The number of aliphatic carboxylic acids is 1. The quantitative estimate of drug-likeness (QED) is 0.659. The Labute approximate surface area is 65.7 Å². The maximum absolute atomic E-state index is 10.6. The fraction of sp³-hybridized carbons (Fsp3) is 0.625. The molecule has 1 unspecified atom stereocenters. The minimum absolute atomic E-state index is 0.478. The normalized spacial score (nSPS) is 29.5. The Hall–Kier alpha value is -0.990. The Morgan fingerprint density at radius 3 is 2.82 bits per heavy atom. The van der Waals surface area contributed by atoms with Crippen molar-refractivity contribution in [2.24, 2.45) is 0 Å². The first-order valence-electron chi connectivity index (χ1n) is 3.70. The smallest absolute Gasteiger partial charge is 0.348 e. The second-order valence-electron chi connectivity index (χ2n) is 2.87. The molecule has 1 aliphatic heterocycles. The summed E-state index contributed by atoms with van der Waals surface area (Å²) in [4.78, 5) is 10.6. The van der Waals surface area contributed by atoms with Gasteiger partial charge in [-0.15, -0.1) is 0 Å². The van der Waals surface area contributed by atoms with Crippen molar-refractivity contribution in [2.75, 3.05) is 0 Å². The first-order chi connectivity index (χ1) is 5.08. The van der Waals surface area contributed by atoms with Gasteiger partial charge in [-0.3, -0.25) is 0 Å². The summed E-state index contributed by atoms with van der Waals surface area (Å²) in [6.45, 7) is 3.54.